The van der Waals surface area contributed by atoms with Gasteiger partial charge in [0.1, 0.15) is 4.90 Å². The number of amides is 1. The van der Waals surface area contributed by atoms with Crippen molar-refractivity contribution in [1.29, 1.82) is 0 Å². The van der Waals surface area contributed by atoms with Crippen LogP contribution in [0, 0.1) is 6.92 Å². The number of aryl methyl sites for hydroxylation is 1. The van der Waals surface area contributed by atoms with E-state index in [1.807, 2.05) is 31.2 Å². The van der Waals surface area contributed by atoms with Gasteiger partial charge in [-0.1, -0.05) is 24.3 Å². The Kier molecular flexibility index (Phi) is 2.98. The first kappa shape index (κ1) is 13.6. The number of benzene rings is 2. The molecule has 0 fully saturated rings. The van der Waals surface area contributed by atoms with Crippen molar-refractivity contribution in [2.75, 3.05) is 5.73 Å². The van der Waals surface area contributed by atoms with Crippen molar-refractivity contribution in [3.63, 3.8) is 0 Å². The topological polar surface area (TPSA) is 80.5 Å². The first-order chi connectivity index (χ1) is 9.91. The van der Waals surface area contributed by atoms with Crippen molar-refractivity contribution < 1.29 is 13.2 Å². The number of fused-ring (bicyclic) bond motifs is 1. The molecule has 0 atom stereocenters. The third kappa shape index (κ3) is 2.08. The van der Waals surface area contributed by atoms with E-state index < -0.39 is 15.9 Å². The number of carbonyl (C=O) groups is 1. The standard InChI is InChI=1S/C15H14N2O3S/c1-10-4-2-3-5-11(10)9-17-15(18)13-7-6-12(16)8-14(13)21(17,19)20/h2-8H,9,16H2,1H3. The number of sulfonamides is 1. The first-order valence-electron chi connectivity index (χ1n) is 6.42. The van der Waals surface area contributed by atoms with E-state index in [-0.39, 0.29) is 17.0 Å². The van der Waals surface area contributed by atoms with Crippen LogP contribution in [0.1, 0.15) is 21.5 Å². The zero-order chi connectivity index (χ0) is 15.2. The van der Waals surface area contributed by atoms with Gasteiger partial charge in [0, 0.05) is 5.69 Å². The van der Waals surface area contributed by atoms with E-state index in [9.17, 15) is 13.2 Å². The van der Waals surface area contributed by atoms with Gasteiger partial charge in [-0.15, -0.1) is 0 Å². The van der Waals surface area contributed by atoms with E-state index in [0.29, 0.717) is 5.69 Å². The molecule has 0 radical (unpaired) electrons. The van der Waals surface area contributed by atoms with Gasteiger partial charge >= 0.3 is 0 Å². The van der Waals surface area contributed by atoms with Crippen LogP contribution in [0.25, 0.3) is 0 Å². The van der Waals surface area contributed by atoms with E-state index in [1.165, 1.54) is 18.2 Å². The molecular formula is C15H14N2O3S. The molecule has 0 spiro atoms. The lowest BCUT2D eigenvalue weighted by atomic mass is 10.1. The quantitative estimate of drug-likeness (QED) is 0.859. The smallest absolute Gasteiger partial charge is 0.269 e. The molecule has 0 bridgehead atoms. The van der Waals surface area contributed by atoms with Gasteiger partial charge in [-0.3, -0.25) is 4.79 Å². The van der Waals surface area contributed by atoms with Crippen molar-refractivity contribution in [3.05, 3.63) is 59.2 Å². The molecule has 3 rings (SSSR count). The molecule has 5 nitrogen and oxygen atoms in total. The van der Waals surface area contributed by atoms with Crippen LogP contribution in [0.3, 0.4) is 0 Å². The van der Waals surface area contributed by atoms with E-state index in [1.54, 1.807) is 0 Å². The van der Waals surface area contributed by atoms with Crippen LogP contribution in [0.2, 0.25) is 0 Å². The summed E-state index contributed by atoms with van der Waals surface area (Å²) in [5.41, 5.74) is 7.87. The molecule has 1 amide bonds. The maximum atomic E-state index is 12.5. The van der Waals surface area contributed by atoms with Crippen LogP contribution in [-0.2, 0) is 16.6 Å². The Morgan fingerprint density at radius 1 is 1.14 bits per heavy atom. The minimum atomic E-state index is -3.83. The van der Waals surface area contributed by atoms with Gasteiger partial charge in [0.25, 0.3) is 15.9 Å². The highest BCUT2D eigenvalue weighted by atomic mass is 32.2. The molecule has 6 heteroatoms. The molecule has 0 unspecified atom stereocenters. The lowest BCUT2D eigenvalue weighted by Crippen LogP contribution is -2.29. The van der Waals surface area contributed by atoms with E-state index in [0.717, 1.165) is 15.4 Å². The number of hydrogen-bond donors (Lipinski definition) is 1. The van der Waals surface area contributed by atoms with E-state index >= 15 is 0 Å². The number of nitrogen functional groups attached to an aromatic ring is 1. The highest BCUT2D eigenvalue weighted by Crippen LogP contribution is 2.33. The second kappa shape index (κ2) is 4.60. The van der Waals surface area contributed by atoms with Crippen LogP contribution in [0.15, 0.2) is 47.4 Å². The van der Waals surface area contributed by atoms with Gasteiger partial charge in [0.2, 0.25) is 0 Å². The Labute approximate surface area is 123 Å². The molecule has 2 aromatic rings. The van der Waals surface area contributed by atoms with E-state index in [2.05, 4.69) is 0 Å². The van der Waals surface area contributed by atoms with Gasteiger partial charge in [0.05, 0.1) is 12.1 Å². The minimum Gasteiger partial charge on any atom is -0.399 e. The Morgan fingerprint density at radius 2 is 1.86 bits per heavy atom. The highest BCUT2D eigenvalue weighted by molar-refractivity contribution is 7.90. The molecular weight excluding hydrogens is 288 g/mol. The second-order valence-electron chi connectivity index (χ2n) is 5.00. The van der Waals surface area contributed by atoms with Crippen LogP contribution in [-0.4, -0.2) is 18.6 Å². The fraction of sp³-hybridized carbons (Fsp3) is 0.133. The van der Waals surface area contributed by atoms with Gasteiger partial charge in [0.15, 0.2) is 0 Å². The SMILES string of the molecule is Cc1ccccc1CN1C(=O)c2ccc(N)cc2S1(=O)=O. The van der Waals surface area contributed by atoms with Crippen molar-refractivity contribution in [3.8, 4) is 0 Å². The van der Waals surface area contributed by atoms with Crippen molar-refractivity contribution in [2.24, 2.45) is 0 Å². The monoisotopic (exact) mass is 302 g/mol. The number of nitrogens with zero attached hydrogens (tertiary/aromatic N) is 1. The molecule has 108 valence electrons. The molecule has 1 aliphatic heterocycles. The van der Waals surface area contributed by atoms with Crippen molar-refractivity contribution in [1.82, 2.24) is 4.31 Å². The zero-order valence-corrected chi connectivity index (χ0v) is 12.2. The summed E-state index contributed by atoms with van der Waals surface area (Å²) >= 11 is 0. The summed E-state index contributed by atoms with van der Waals surface area (Å²) in [7, 11) is -3.83. The summed E-state index contributed by atoms with van der Waals surface area (Å²) in [5, 5.41) is 0. The maximum absolute atomic E-state index is 12.5. The summed E-state index contributed by atoms with van der Waals surface area (Å²) < 4.78 is 25.9. The highest BCUT2D eigenvalue weighted by Gasteiger charge is 2.41. The number of hydrogen-bond acceptors (Lipinski definition) is 4. The third-order valence-corrected chi connectivity index (χ3v) is 5.37. The van der Waals surface area contributed by atoms with Crippen LogP contribution in [0.4, 0.5) is 5.69 Å². The Balaban J connectivity index is 2.07. The van der Waals surface area contributed by atoms with Gasteiger partial charge in [-0.2, -0.15) is 0 Å². The molecule has 0 saturated heterocycles. The molecule has 0 aliphatic carbocycles. The lowest BCUT2D eigenvalue weighted by Gasteiger charge is -2.16. The second-order valence-corrected chi connectivity index (χ2v) is 6.83. The summed E-state index contributed by atoms with van der Waals surface area (Å²) in [6.45, 7) is 1.91. The molecule has 0 saturated carbocycles. The van der Waals surface area contributed by atoms with Crippen molar-refractivity contribution in [2.45, 2.75) is 18.4 Å². The lowest BCUT2D eigenvalue weighted by molar-refractivity contribution is 0.0865. The number of carbonyl (C=O) groups excluding carboxylic acids is 1. The predicted octanol–water partition coefficient (Wildman–Crippen LogP) is 1.92. The maximum Gasteiger partial charge on any atom is 0.269 e. The number of anilines is 1. The zero-order valence-electron chi connectivity index (χ0n) is 11.4. The van der Waals surface area contributed by atoms with Crippen LogP contribution >= 0.6 is 0 Å². The number of rotatable bonds is 2. The molecule has 2 N–H and O–H groups in total. The van der Waals surface area contributed by atoms with Gasteiger partial charge in [-0.25, -0.2) is 12.7 Å². The fourth-order valence-electron chi connectivity index (χ4n) is 2.39. The van der Waals surface area contributed by atoms with Crippen LogP contribution < -0.4 is 5.73 Å². The third-order valence-electron chi connectivity index (χ3n) is 3.61. The van der Waals surface area contributed by atoms with Crippen molar-refractivity contribution >= 4 is 21.6 Å². The summed E-state index contributed by atoms with van der Waals surface area (Å²) in [6, 6.07) is 11.7. The molecule has 0 aromatic heterocycles. The van der Waals surface area contributed by atoms with Gasteiger partial charge in [-0.05, 0) is 36.2 Å². The molecule has 21 heavy (non-hydrogen) atoms. The molecule has 2 aromatic carbocycles. The Bertz CT molecular complexity index is 844. The summed E-state index contributed by atoms with van der Waals surface area (Å²) in [4.78, 5) is 12.3. The normalized spacial score (nSPS) is 16.0. The summed E-state index contributed by atoms with van der Waals surface area (Å²) in [6.07, 6.45) is 0. The predicted molar refractivity (Wildman–Crippen MR) is 79.1 cm³/mol. The average Bonchev–Trinajstić information content (AvgIpc) is 2.62. The molecule has 1 aliphatic rings. The van der Waals surface area contributed by atoms with Gasteiger partial charge < -0.3 is 5.73 Å². The Morgan fingerprint density at radius 3 is 2.57 bits per heavy atom. The number of nitrogens with two attached hydrogens (primary N) is 1. The Hall–Kier alpha value is -2.34. The largest absolute Gasteiger partial charge is 0.399 e. The molecule has 1 heterocycles. The minimum absolute atomic E-state index is 0.0129. The van der Waals surface area contributed by atoms with Crippen LogP contribution in [0.5, 0.6) is 0 Å². The van der Waals surface area contributed by atoms with E-state index in [4.69, 9.17) is 5.73 Å². The first-order valence-corrected chi connectivity index (χ1v) is 7.86. The average molecular weight is 302 g/mol. The fourth-order valence-corrected chi connectivity index (χ4v) is 3.97. The summed E-state index contributed by atoms with van der Waals surface area (Å²) in [5.74, 6) is -0.506.